The number of rotatable bonds is 6. The van der Waals surface area contributed by atoms with Gasteiger partial charge >= 0.3 is 0 Å². The number of hydrogen-bond acceptors (Lipinski definition) is 2. The number of aliphatic hydroxyl groups is 1. The van der Waals surface area contributed by atoms with Crippen LogP contribution >= 0.6 is 0 Å². The van der Waals surface area contributed by atoms with Gasteiger partial charge in [-0.2, -0.15) is 0 Å². The van der Waals surface area contributed by atoms with E-state index in [1.165, 1.54) is 6.42 Å². The topological polar surface area (TPSA) is 32.3 Å². The first-order chi connectivity index (χ1) is 5.61. The van der Waals surface area contributed by atoms with E-state index in [-0.39, 0.29) is 6.61 Å². The summed E-state index contributed by atoms with van der Waals surface area (Å²) in [6.07, 6.45) is 1.22. The lowest BCUT2D eigenvalue weighted by atomic mass is 10.0. The molecule has 0 aromatic carbocycles. The maximum absolute atomic E-state index is 8.89. The van der Waals surface area contributed by atoms with Gasteiger partial charge in [0, 0.05) is 12.6 Å². The molecule has 0 rings (SSSR count). The minimum atomic E-state index is 0.272. The van der Waals surface area contributed by atoms with E-state index >= 15 is 0 Å². The van der Waals surface area contributed by atoms with Crippen molar-refractivity contribution in [2.24, 2.45) is 11.8 Å². The molecule has 3 atom stereocenters. The van der Waals surface area contributed by atoms with Crippen LogP contribution in [0.15, 0.2) is 0 Å². The Morgan fingerprint density at radius 2 is 1.83 bits per heavy atom. The Hall–Kier alpha value is -0.0800. The average molecular weight is 173 g/mol. The molecule has 0 aliphatic rings. The van der Waals surface area contributed by atoms with Gasteiger partial charge in [0.05, 0.1) is 0 Å². The Labute approximate surface area is 76.4 Å². The smallest absolute Gasteiger partial charge is 0.0471 e. The highest BCUT2D eigenvalue weighted by molar-refractivity contribution is 4.68. The molecule has 2 nitrogen and oxygen atoms in total. The van der Waals surface area contributed by atoms with Gasteiger partial charge in [0.2, 0.25) is 0 Å². The summed E-state index contributed by atoms with van der Waals surface area (Å²) in [4.78, 5) is 0. The molecule has 2 heteroatoms. The van der Waals surface area contributed by atoms with Crippen LogP contribution in [0.2, 0.25) is 0 Å². The Bertz CT molecular complexity index is 106. The van der Waals surface area contributed by atoms with Gasteiger partial charge < -0.3 is 10.4 Å². The van der Waals surface area contributed by atoms with E-state index in [0.29, 0.717) is 12.0 Å². The molecule has 0 heterocycles. The molecule has 0 bridgehead atoms. The quantitative estimate of drug-likeness (QED) is 0.640. The molecule has 0 fully saturated rings. The van der Waals surface area contributed by atoms with Crippen molar-refractivity contribution in [1.29, 1.82) is 0 Å². The molecule has 0 aliphatic carbocycles. The zero-order valence-electron chi connectivity index (χ0n) is 8.80. The lowest BCUT2D eigenvalue weighted by Crippen LogP contribution is -2.36. The van der Waals surface area contributed by atoms with Crippen LogP contribution < -0.4 is 5.32 Å². The molecule has 0 spiro atoms. The van der Waals surface area contributed by atoms with Crippen molar-refractivity contribution >= 4 is 0 Å². The fourth-order valence-corrected chi connectivity index (χ4v) is 0.891. The second kappa shape index (κ2) is 6.44. The fraction of sp³-hybridized carbons (Fsp3) is 1.00. The summed E-state index contributed by atoms with van der Waals surface area (Å²) in [5.41, 5.74) is 0. The van der Waals surface area contributed by atoms with Crippen molar-refractivity contribution in [3.63, 3.8) is 0 Å². The van der Waals surface area contributed by atoms with Crippen molar-refractivity contribution in [2.45, 2.75) is 40.2 Å². The van der Waals surface area contributed by atoms with Gasteiger partial charge in [-0.05, 0) is 25.3 Å². The zero-order valence-corrected chi connectivity index (χ0v) is 8.80. The molecule has 0 aliphatic heterocycles. The SMILES string of the molecule is CCC(C)CNC(C)C(C)CO. The first-order valence-electron chi connectivity index (χ1n) is 4.96. The van der Waals surface area contributed by atoms with E-state index in [1.54, 1.807) is 0 Å². The maximum atomic E-state index is 8.89. The van der Waals surface area contributed by atoms with E-state index in [1.807, 2.05) is 0 Å². The van der Waals surface area contributed by atoms with Crippen LogP contribution in [-0.2, 0) is 0 Å². The third kappa shape index (κ3) is 4.73. The van der Waals surface area contributed by atoms with Crippen LogP contribution in [0.25, 0.3) is 0 Å². The van der Waals surface area contributed by atoms with Crippen molar-refractivity contribution in [3.8, 4) is 0 Å². The van der Waals surface area contributed by atoms with Crippen molar-refractivity contribution < 1.29 is 5.11 Å². The van der Waals surface area contributed by atoms with Crippen LogP contribution in [0, 0.1) is 11.8 Å². The Morgan fingerprint density at radius 1 is 1.25 bits per heavy atom. The molecule has 0 saturated carbocycles. The lowest BCUT2D eigenvalue weighted by Gasteiger charge is -2.21. The van der Waals surface area contributed by atoms with Gasteiger partial charge in [-0.1, -0.05) is 27.2 Å². The van der Waals surface area contributed by atoms with Crippen molar-refractivity contribution in [3.05, 3.63) is 0 Å². The van der Waals surface area contributed by atoms with Gasteiger partial charge in [0.25, 0.3) is 0 Å². The second-order valence-electron chi connectivity index (χ2n) is 3.87. The third-order valence-electron chi connectivity index (χ3n) is 2.63. The van der Waals surface area contributed by atoms with Gasteiger partial charge in [-0.3, -0.25) is 0 Å². The monoisotopic (exact) mass is 173 g/mol. The fourth-order valence-electron chi connectivity index (χ4n) is 0.891. The highest BCUT2D eigenvalue weighted by atomic mass is 16.3. The minimum absolute atomic E-state index is 0.272. The van der Waals surface area contributed by atoms with Crippen LogP contribution in [-0.4, -0.2) is 24.3 Å². The Morgan fingerprint density at radius 3 is 2.25 bits per heavy atom. The van der Waals surface area contributed by atoms with E-state index in [2.05, 4.69) is 33.0 Å². The highest BCUT2D eigenvalue weighted by Crippen LogP contribution is 2.03. The first kappa shape index (κ1) is 11.9. The zero-order chi connectivity index (χ0) is 9.56. The summed E-state index contributed by atoms with van der Waals surface area (Å²) in [5.74, 6) is 1.09. The molecule has 0 saturated heterocycles. The summed E-state index contributed by atoms with van der Waals surface area (Å²) >= 11 is 0. The number of aliphatic hydroxyl groups excluding tert-OH is 1. The number of hydrogen-bond donors (Lipinski definition) is 2. The molecule has 0 aromatic heterocycles. The van der Waals surface area contributed by atoms with Gasteiger partial charge in [-0.25, -0.2) is 0 Å². The summed E-state index contributed by atoms with van der Waals surface area (Å²) in [5, 5.41) is 12.3. The standard InChI is InChI=1S/C10H23NO/c1-5-8(2)6-11-10(4)9(3)7-12/h8-12H,5-7H2,1-4H3. The van der Waals surface area contributed by atoms with Crippen LogP contribution in [0.4, 0.5) is 0 Å². The molecule has 74 valence electrons. The third-order valence-corrected chi connectivity index (χ3v) is 2.63. The molecular formula is C10H23NO. The predicted molar refractivity (Wildman–Crippen MR) is 53.2 cm³/mol. The van der Waals surface area contributed by atoms with Gasteiger partial charge in [0.15, 0.2) is 0 Å². The lowest BCUT2D eigenvalue weighted by molar-refractivity contribution is 0.205. The van der Waals surface area contributed by atoms with Gasteiger partial charge in [-0.15, -0.1) is 0 Å². The van der Waals surface area contributed by atoms with E-state index < -0.39 is 0 Å². The molecule has 2 N–H and O–H groups in total. The molecule has 3 unspecified atom stereocenters. The highest BCUT2D eigenvalue weighted by Gasteiger charge is 2.10. The van der Waals surface area contributed by atoms with E-state index in [9.17, 15) is 0 Å². The Balaban J connectivity index is 3.49. The molecule has 0 aromatic rings. The van der Waals surface area contributed by atoms with Gasteiger partial charge in [0.1, 0.15) is 0 Å². The minimum Gasteiger partial charge on any atom is -0.396 e. The summed E-state index contributed by atoms with van der Waals surface area (Å²) in [7, 11) is 0. The molecule has 12 heavy (non-hydrogen) atoms. The predicted octanol–water partition coefficient (Wildman–Crippen LogP) is 1.64. The van der Waals surface area contributed by atoms with Crippen LogP contribution in [0.5, 0.6) is 0 Å². The summed E-state index contributed by atoms with van der Waals surface area (Å²) in [6.45, 7) is 9.96. The molecule has 0 amide bonds. The van der Waals surface area contributed by atoms with E-state index in [0.717, 1.165) is 12.5 Å². The summed E-state index contributed by atoms with van der Waals surface area (Å²) < 4.78 is 0. The second-order valence-corrected chi connectivity index (χ2v) is 3.87. The Kier molecular flexibility index (Phi) is 6.39. The van der Waals surface area contributed by atoms with Crippen molar-refractivity contribution in [2.75, 3.05) is 13.2 Å². The normalized spacial score (nSPS) is 18.8. The van der Waals surface area contributed by atoms with E-state index in [4.69, 9.17) is 5.11 Å². The first-order valence-corrected chi connectivity index (χ1v) is 4.96. The molecular weight excluding hydrogens is 150 g/mol. The number of nitrogens with one attached hydrogen (secondary N) is 1. The average Bonchev–Trinajstić information content (AvgIpc) is 2.11. The van der Waals surface area contributed by atoms with Crippen LogP contribution in [0.1, 0.15) is 34.1 Å². The van der Waals surface area contributed by atoms with Crippen molar-refractivity contribution in [1.82, 2.24) is 5.32 Å². The molecule has 0 radical (unpaired) electrons. The van der Waals surface area contributed by atoms with Crippen LogP contribution in [0.3, 0.4) is 0 Å². The summed E-state index contributed by atoms with van der Waals surface area (Å²) in [6, 6.07) is 0.420. The largest absolute Gasteiger partial charge is 0.396 e. The maximum Gasteiger partial charge on any atom is 0.0471 e.